The minimum Gasteiger partial charge on any atom is -0.493 e. The van der Waals surface area contributed by atoms with E-state index in [-0.39, 0.29) is 6.10 Å². The van der Waals surface area contributed by atoms with Crippen molar-refractivity contribution in [1.29, 1.82) is 0 Å². The summed E-state index contributed by atoms with van der Waals surface area (Å²) in [5.74, 6) is 2.35. The van der Waals surface area contributed by atoms with Crippen LogP contribution in [-0.4, -0.2) is 18.2 Å². The molecule has 0 saturated heterocycles. The molecule has 0 spiro atoms. The number of aromatic nitrogens is 1. The van der Waals surface area contributed by atoms with E-state index in [1.807, 2.05) is 42.5 Å². The van der Waals surface area contributed by atoms with E-state index in [1.165, 1.54) is 12.8 Å². The molecule has 4 heteroatoms. The molecule has 1 aliphatic carbocycles. The molecule has 4 nitrogen and oxygen atoms in total. The van der Waals surface area contributed by atoms with Crippen LogP contribution in [0.15, 0.2) is 65.5 Å². The highest BCUT2D eigenvalue weighted by Gasteiger charge is 2.19. The van der Waals surface area contributed by atoms with Gasteiger partial charge in [-0.05, 0) is 79.3 Å². The Morgan fingerprint density at radius 1 is 1.07 bits per heavy atom. The van der Waals surface area contributed by atoms with Crippen molar-refractivity contribution in [3.05, 3.63) is 78.0 Å². The average molecular weight is 361 g/mol. The van der Waals surface area contributed by atoms with E-state index in [4.69, 9.17) is 13.9 Å². The third-order valence-electron chi connectivity index (χ3n) is 4.87. The quantitative estimate of drug-likeness (QED) is 0.574. The standard InChI is InChI=1S/C23H23NO3/c1-25-22-9-8-18(16-23(22)27-19-5-2-3-6-19)20(21-7-4-14-26-21)15-17-10-12-24-13-11-17/h4,7-16,19H,2-3,5-6H2,1H3/b20-15-. The smallest absolute Gasteiger partial charge is 0.162 e. The first kappa shape index (κ1) is 17.4. The first-order valence-corrected chi connectivity index (χ1v) is 9.34. The zero-order chi connectivity index (χ0) is 18.5. The number of rotatable bonds is 6. The number of methoxy groups -OCH3 is 1. The van der Waals surface area contributed by atoms with Gasteiger partial charge in [0.1, 0.15) is 5.76 Å². The fourth-order valence-corrected chi connectivity index (χ4v) is 3.48. The second kappa shape index (κ2) is 8.12. The Labute approximate surface area is 159 Å². The Bertz CT molecular complexity index is 895. The maximum Gasteiger partial charge on any atom is 0.162 e. The maximum absolute atomic E-state index is 6.26. The van der Waals surface area contributed by atoms with Gasteiger partial charge in [0.25, 0.3) is 0 Å². The predicted octanol–water partition coefficient (Wildman–Crippen LogP) is 5.59. The molecule has 1 saturated carbocycles. The van der Waals surface area contributed by atoms with Crippen LogP contribution in [0.2, 0.25) is 0 Å². The average Bonchev–Trinajstić information content (AvgIpc) is 3.41. The lowest BCUT2D eigenvalue weighted by Crippen LogP contribution is -2.11. The van der Waals surface area contributed by atoms with Gasteiger partial charge in [-0.2, -0.15) is 0 Å². The van der Waals surface area contributed by atoms with Crippen molar-refractivity contribution in [2.24, 2.45) is 0 Å². The van der Waals surface area contributed by atoms with Crippen molar-refractivity contribution in [2.45, 2.75) is 31.8 Å². The second-order valence-corrected chi connectivity index (χ2v) is 6.71. The molecule has 0 aliphatic heterocycles. The van der Waals surface area contributed by atoms with Crippen LogP contribution >= 0.6 is 0 Å². The number of furan rings is 1. The highest BCUT2D eigenvalue weighted by Crippen LogP contribution is 2.36. The van der Waals surface area contributed by atoms with Crippen molar-refractivity contribution >= 4 is 11.6 Å². The van der Waals surface area contributed by atoms with Crippen molar-refractivity contribution < 1.29 is 13.9 Å². The summed E-state index contributed by atoms with van der Waals surface area (Å²) in [5.41, 5.74) is 3.08. The molecular formula is C23H23NO3. The monoisotopic (exact) mass is 361 g/mol. The summed E-state index contributed by atoms with van der Waals surface area (Å²) in [4.78, 5) is 4.09. The number of benzene rings is 1. The highest BCUT2D eigenvalue weighted by molar-refractivity contribution is 5.90. The summed E-state index contributed by atoms with van der Waals surface area (Å²) in [7, 11) is 1.68. The third-order valence-corrected chi connectivity index (χ3v) is 4.87. The fourth-order valence-electron chi connectivity index (χ4n) is 3.48. The van der Waals surface area contributed by atoms with Gasteiger partial charge in [-0.1, -0.05) is 6.07 Å². The van der Waals surface area contributed by atoms with E-state index in [1.54, 1.807) is 25.8 Å². The second-order valence-electron chi connectivity index (χ2n) is 6.71. The molecule has 1 aromatic carbocycles. The topological polar surface area (TPSA) is 44.5 Å². The zero-order valence-electron chi connectivity index (χ0n) is 15.4. The van der Waals surface area contributed by atoms with Crippen LogP contribution in [0.3, 0.4) is 0 Å². The Hall–Kier alpha value is -3.01. The summed E-state index contributed by atoms with van der Waals surface area (Å²) in [6.45, 7) is 0. The number of pyridine rings is 1. The first-order valence-electron chi connectivity index (χ1n) is 9.34. The van der Waals surface area contributed by atoms with Gasteiger partial charge in [0.05, 0.1) is 19.5 Å². The Balaban J connectivity index is 1.74. The molecule has 0 bridgehead atoms. The normalized spacial score (nSPS) is 15.1. The predicted molar refractivity (Wildman–Crippen MR) is 106 cm³/mol. The summed E-state index contributed by atoms with van der Waals surface area (Å²) in [5, 5.41) is 0. The van der Waals surface area contributed by atoms with Gasteiger partial charge in [-0.3, -0.25) is 4.98 Å². The molecular weight excluding hydrogens is 338 g/mol. The van der Waals surface area contributed by atoms with Crippen LogP contribution in [0.5, 0.6) is 11.5 Å². The molecule has 0 N–H and O–H groups in total. The van der Waals surface area contributed by atoms with Crippen LogP contribution in [0.25, 0.3) is 11.6 Å². The lowest BCUT2D eigenvalue weighted by Gasteiger charge is -2.17. The van der Waals surface area contributed by atoms with Gasteiger partial charge in [0, 0.05) is 18.0 Å². The van der Waals surface area contributed by atoms with Gasteiger partial charge < -0.3 is 13.9 Å². The Morgan fingerprint density at radius 3 is 2.59 bits per heavy atom. The van der Waals surface area contributed by atoms with E-state index in [0.29, 0.717) is 0 Å². The Morgan fingerprint density at radius 2 is 1.89 bits per heavy atom. The molecule has 27 heavy (non-hydrogen) atoms. The van der Waals surface area contributed by atoms with Gasteiger partial charge in [0.15, 0.2) is 11.5 Å². The molecule has 2 aromatic heterocycles. The lowest BCUT2D eigenvalue weighted by atomic mass is 10.0. The first-order chi connectivity index (χ1) is 13.3. The van der Waals surface area contributed by atoms with E-state index >= 15 is 0 Å². The van der Waals surface area contributed by atoms with Crippen LogP contribution in [0.4, 0.5) is 0 Å². The molecule has 3 aromatic rings. The molecule has 4 rings (SSSR count). The molecule has 0 atom stereocenters. The fraction of sp³-hybridized carbons (Fsp3) is 0.261. The summed E-state index contributed by atoms with van der Waals surface area (Å²) in [6.07, 6.45) is 12.3. The summed E-state index contributed by atoms with van der Waals surface area (Å²) in [6, 6.07) is 13.9. The molecule has 138 valence electrons. The van der Waals surface area contributed by atoms with Gasteiger partial charge in [-0.25, -0.2) is 0 Å². The largest absolute Gasteiger partial charge is 0.493 e. The SMILES string of the molecule is COc1ccc(/C(=C/c2ccncc2)c2ccco2)cc1OC1CCCC1. The van der Waals surface area contributed by atoms with Crippen molar-refractivity contribution in [2.75, 3.05) is 7.11 Å². The van der Waals surface area contributed by atoms with E-state index < -0.39 is 0 Å². The molecule has 0 unspecified atom stereocenters. The molecule has 0 radical (unpaired) electrons. The van der Waals surface area contributed by atoms with Crippen LogP contribution in [-0.2, 0) is 0 Å². The number of hydrogen-bond donors (Lipinski definition) is 0. The van der Waals surface area contributed by atoms with Crippen LogP contribution in [0.1, 0.15) is 42.6 Å². The number of nitrogens with zero attached hydrogens (tertiary/aromatic N) is 1. The number of ether oxygens (including phenoxy) is 2. The van der Waals surface area contributed by atoms with Gasteiger partial charge in [0.2, 0.25) is 0 Å². The van der Waals surface area contributed by atoms with Gasteiger partial charge >= 0.3 is 0 Å². The van der Waals surface area contributed by atoms with E-state index in [0.717, 1.165) is 46.8 Å². The molecule has 1 fully saturated rings. The van der Waals surface area contributed by atoms with Crippen LogP contribution < -0.4 is 9.47 Å². The molecule has 0 amide bonds. The van der Waals surface area contributed by atoms with E-state index in [2.05, 4.69) is 11.1 Å². The van der Waals surface area contributed by atoms with E-state index in [9.17, 15) is 0 Å². The number of hydrogen-bond acceptors (Lipinski definition) is 4. The summed E-state index contributed by atoms with van der Waals surface area (Å²) >= 11 is 0. The highest BCUT2D eigenvalue weighted by atomic mass is 16.5. The van der Waals surface area contributed by atoms with Crippen molar-refractivity contribution in [3.8, 4) is 11.5 Å². The van der Waals surface area contributed by atoms with Crippen LogP contribution in [0, 0.1) is 0 Å². The Kier molecular flexibility index (Phi) is 5.24. The van der Waals surface area contributed by atoms with Gasteiger partial charge in [-0.15, -0.1) is 0 Å². The third kappa shape index (κ3) is 4.05. The molecule has 2 heterocycles. The molecule has 1 aliphatic rings. The minimum absolute atomic E-state index is 0.269. The summed E-state index contributed by atoms with van der Waals surface area (Å²) < 4.78 is 17.5. The zero-order valence-corrected chi connectivity index (χ0v) is 15.4. The maximum atomic E-state index is 6.26. The van der Waals surface area contributed by atoms with Crippen molar-refractivity contribution in [3.63, 3.8) is 0 Å². The van der Waals surface area contributed by atoms with Crippen molar-refractivity contribution in [1.82, 2.24) is 4.98 Å². The lowest BCUT2D eigenvalue weighted by molar-refractivity contribution is 0.201. The minimum atomic E-state index is 0.269.